The highest BCUT2D eigenvalue weighted by molar-refractivity contribution is 5.85. The van der Waals surface area contributed by atoms with Crippen molar-refractivity contribution in [3.63, 3.8) is 0 Å². The predicted molar refractivity (Wildman–Crippen MR) is 64.6 cm³/mol. The van der Waals surface area contributed by atoms with E-state index in [-0.39, 0.29) is 18.5 Å². The first kappa shape index (κ1) is 12.5. The molecule has 0 aromatic heterocycles. The average molecular weight is 228 g/mol. The molecule has 1 heterocycles. The standard InChI is InChI=1S/C12H17NO.ClH/c1-10-4-3-5-11(8-10)12-9-13(2)6-7-14-12;/h3-5,8,12H,6-7,9H2,1-2H3;1H. The Morgan fingerprint density at radius 1 is 1.40 bits per heavy atom. The molecule has 2 rings (SSSR count). The number of benzene rings is 1. The molecule has 84 valence electrons. The zero-order valence-electron chi connectivity index (χ0n) is 9.27. The van der Waals surface area contributed by atoms with Gasteiger partial charge in [-0.2, -0.15) is 0 Å². The molecule has 1 aromatic rings. The summed E-state index contributed by atoms with van der Waals surface area (Å²) in [6, 6.07) is 8.58. The van der Waals surface area contributed by atoms with Gasteiger partial charge in [0.2, 0.25) is 0 Å². The number of ether oxygens (including phenoxy) is 1. The van der Waals surface area contributed by atoms with Crippen LogP contribution in [0, 0.1) is 6.92 Å². The lowest BCUT2D eigenvalue weighted by atomic mass is 10.1. The molecule has 1 unspecified atom stereocenters. The number of morpholine rings is 1. The minimum Gasteiger partial charge on any atom is -0.371 e. The number of likely N-dealkylation sites (N-methyl/N-ethyl adjacent to an activating group) is 1. The van der Waals surface area contributed by atoms with E-state index in [0.717, 1.165) is 19.7 Å². The minimum absolute atomic E-state index is 0. The van der Waals surface area contributed by atoms with Crippen molar-refractivity contribution in [2.45, 2.75) is 13.0 Å². The number of aryl methyl sites for hydroxylation is 1. The number of nitrogens with zero attached hydrogens (tertiary/aromatic N) is 1. The summed E-state index contributed by atoms with van der Waals surface area (Å²) in [4.78, 5) is 2.32. The third-order valence-electron chi connectivity index (χ3n) is 2.68. The smallest absolute Gasteiger partial charge is 0.0952 e. The summed E-state index contributed by atoms with van der Waals surface area (Å²) in [5.41, 5.74) is 2.61. The van der Waals surface area contributed by atoms with E-state index in [1.54, 1.807) is 0 Å². The topological polar surface area (TPSA) is 12.5 Å². The highest BCUT2D eigenvalue weighted by Crippen LogP contribution is 2.21. The second kappa shape index (κ2) is 5.50. The molecule has 15 heavy (non-hydrogen) atoms. The van der Waals surface area contributed by atoms with Crippen molar-refractivity contribution < 1.29 is 4.74 Å². The average Bonchev–Trinajstić information content (AvgIpc) is 2.18. The molecule has 1 saturated heterocycles. The van der Waals surface area contributed by atoms with Crippen LogP contribution in [0.15, 0.2) is 24.3 Å². The fraction of sp³-hybridized carbons (Fsp3) is 0.500. The normalized spacial score (nSPS) is 22.1. The lowest BCUT2D eigenvalue weighted by molar-refractivity contribution is -0.0209. The van der Waals surface area contributed by atoms with Crippen molar-refractivity contribution >= 4 is 12.4 Å². The first-order chi connectivity index (χ1) is 6.75. The van der Waals surface area contributed by atoms with Crippen LogP contribution in [0.2, 0.25) is 0 Å². The van der Waals surface area contributed by atoms with Gasteiger partial charge in [-0.1, -0.05) is 29.8 Å². The molecule has 0 N–H and O–H groups in total. The molecule has 2 nitrogen and oxygen atoms in total. The van der Waals surface area contributed by atoms with Crippen LogP contribution in [0.4, 0.5) is 0 Å². The molecule has 1 fully saturated rings. The molecule has 0 aliphatic carbocycles. The summed E-state index contributed by atoms with van der Waals surface area (Å²) < 4.78 is 5.75. The lowest BCUT2D eigenvalue weighted by Crippen LogP contribution is -2.35. The number of hydrogen-bond acceptors (Lipinski definition) is 2. The van der Waals surface area contributed by atoms with E-state index in [0.29, 0.717) is 0 Å². The van der Waals surface area contributed by atoms with Crippen LogP contribution >= 0.6 is 12.4 Å². The molecular weight excluding hydrogens is 210 g/mol. The van der Waals surface area contributed by atoms with Gasteiger partial charge in [0.25, 0.3) is 0 Å². The van der Waals surface area contributed by atoms with E-state index in [2.05, 4.69) is 43.1 Å². The van der Waals surface area contributed by atoms with Crippen LogP contribution in [-0.2, 0) is 4.74 Å². The van der Waals surface area contributed by atoms with Gasteiger partial charge in [0, 0.05) is 13.1 Å². The van der Waals surface area contributed by atoms with Crippen molar-refractivity contribution in [2.75, 3.05) is 26.7 Å². The first-order valence-electron chi connectivity index (χ1n) is 5.12. The quantitative estimate of drug-likeness (QED) is 0.731. The second-order valence-electron chi connectivity index (χ2n) is 4.04. The van der Waals surface area contributed by atoms with Gasteiger partial charge in [-0.05, 0) is 19.5 Å². The summed E-state index contributed by atoms with van der Waals surface area (Å²) in [6.07, 6.45) is 0.258. The maximum atomic E-state index is 5.75. The van der Waals surface area contributed by atoms with Crippen LogP contribution in [0.5, 0.6) is 0 Å². The molecule has 0 bridgehead atoms. The van der Waals surface area contributed by atoms with Gasteiger partial charge >= 0.3 is 0 Å². The van der Waals surface area contributed by atoms with Crippen molar-refractivity contribution in [1.29, 1.82) is 0 Å². The zero-order valence-corrected chi connectivity index (χ0v) is 10.1. The highest BCUT2D eigenvalue weighted by atomic mass is 35.5. The number of rotatable bonds is 1. The molecule has 1 atom stereocenters. The predicted octanol–water partition coefficient (Wildman–Crippen LogP) is 2.42. The Hall–Kier alpha value is -0.570. The van der Waals surface area contributed by atoms with Crippen LogP contribution < -0.4 is 0 Å². The molecule has 1 aromatic carbocycles. The second-order valence-corrected chi connectivity index (χ2v) is 4.04. The maximum Gasteiger partial charge on any atom is 0.0952 e. The van der Waals surface area contributed by atoms with E-state index in [9.17, 15) is 0 Å². The SMILES string of the molecule is Cc1cccc(C2CN(C)CCO2)c1.Cl. The molecule has 0 saturated carbocycles. The Morgan fingerprint density at radius 3 is 2.87 bits per heavy atom. The van der Waals surface area contributed by atoms with Gasteiger partial charge in [0.1, 0.15) is 0 Å². The van der Waals surface area contributed by atoms with Gasteiger partial charge in [0.15, 0.2) is 0 Å². The molecule has 0 amide bonds. The highest BCUT2D eigenvalue weighted by Gasteiger charge is 2.18. The zero-order chi connectivity index (χ0) is 9.97. The van der Waals surface area contributed by atoms with Gasteiger partial charge < -0.3 is 9.64 Å². The summed E-state index contributed by atoms with van der Waals surface area (Å²) >= 11 is 0. The minimum atomic E-state index is 0. The third kappa shape index (κ3) is 3.20. The Bertz CT molecular complexity index is 316. The molecule has 3 heteroatoms. The van der Waals surface area contributed by atoms with E-state index >= 15 is 0 Å². The van der Waals surface area contributed by atoms with Gasteiger partial charge in [-0.25, -0.2) is 0 Å². The largest absolute Gasteiger partial charge is 0.371 e. The van der Waals surface area contributed by atoms with Gasteiger partial charge in [-0.15, -0.1) is 12.4 Å². The summed E-state index contributed by atoms with van der Waals surface area (Å²) in [5.74, 6) is 0. The summed E-state index contributed by atoms with van der Waals surface area (Å²) in [6.45, 7) is 5.01. The van der Waals surface area contributed by atoms with Crippen molar-refractivity contribution in [2.24, 2.45) is 0 Å². The van der Waals surface area contributed by atoms with E-state index < -0.39 is 0 Å². The molecule has 0 spiro atoms. The monoisotopic (exact) mass is 227 g/mol. The molecule has 0 radical (unpaired) electrons. The maximum absolute atomic E-state index is 5.75. The summed E-state index contributed by atoms with van der Waals surface area (Å²) in [7, 11) is 2.14. The summed E-state index contributed by atoms with van der Waals surface area (Å²) in [5, 5.41) is 0. The third-order valence-corrected chi connectivity index (χ3v) is 2.68. The lowest BCUT2D eigenvalue weighted by Gasteiger charge is -2.30. The molecular formula is C12H18ClNO. The Balaban J connectivity index is 0.00000112. The van der Waals surface area contributed by atoms with Gasteiger partial charge in [-0.3, -0.25) is 0 Å². The Labute approximate surface area is 97.6 Å². The Kier molecular flexibility index (Phi) is 4.58. The van der Waals surface area contributed by atoms with E-state index in [1.807, 2.05) is 0 Å². The van der Waals surface area contributed by atoms with E-state index in [1.165, 1.54) is 11.1 Å². The van der Waals surface area contributed by atoms with Crippen LogP contribution in [-0.4, -0.2) is 31.6 Å². The van der Waals surface area contributed by atoms with Crippen LogP contribution in [0.25, 0.3) is 0 Å². The fourth-order valence-corrected chi connectivity index (χ4v) is 1.85. The van der Waals surface area contributed by atoms with Crippen molar-refractivity contribution in [3.05, 3.63) is 35.4 Å². The van der Waals surface area contributed by atoms with Crippen molar-refractivity contribution in [3.8, 4) is 0 Å². The number of hydrogen-bond donors (Lipinski definition) is 0. The van der Waals surface area contributed by atoms with E-state index in [4.69, 9.17) is 4.74 Å². The van der Waals surface area contributed by atoms with Crippen LogP contribution in [0.3, 0.4) is 0 Å². The fourth-order valence-electron chi connectivity index (χ4n) is 1.85. The first-order valence-corrected chi connectivity index (χ1v) is 5.12. The molecule has 1 aliphatic heterocycles. The van der Waals surface area contributed by atoms with Crippen molar-refractivity contribution in [1.82, 2.24) is 4.90 Å². The number of halogens is 1. The Morgan fingerprint density at radius 2 is 2.20 bits per heavy atom. The van der Waals surface area contributed by atoms with Crippen LogP contribution in [0.1, 0.15) is 17.2 Å². The molecule has 1 aliphatic rings. The van der Waals surface area contributed by atoms with Gasteiger partial charge in [0.05, 0.1) is 12.7 Å².